The molecule has 5 heteroatoms. The molecule has 0 atom stereocenters. The monoisotopic (exact) mass is 250 g/mol. The molecule has 0 spiro atoms. The van der Waals surface area contributed by atoms with Gasteiger partial charge in [-0.25, -0.2) is 4.98 Å². The highest BCUT2D eigenvalue weighted by atomic mass is 19.1. The molecule has 18 heavy (non-hydrogen) atoms. The Labute approximate surface area is 104 Å². The first kappa shape index (κ1) is 12.5. The van der Waals surface area contributed by atoms with Crippen molar-refractivity contribution >= 4 is 11.6 Å². The molecule has 0 amide bonds. The van der Waals surface area contributed by atoms with Crippen molar-refractivity contribution < 1.29 is 13.9 Å². The summed E-state index contributed by atoms with van der Waals surface area (Å²) in [6, 6.07) is 4.60. The van der Waals surface area contributed by atoms with Crippen LogP contribution in [0.3, 0.4) is 0 Å². The fourth-order valence-electron chi connectivity index (χ4n) is 1.64. The third-order valence-corrected chi connectivity index (χ3v) is 2.24. The molecule has 2 heterocycles. The van der Waals surface area contributed by atoms with Gasteiger partial charge in [-0.2, -0.15) is 4.39 Å². The molecule has 2 rings (SSSR count). The zero-order chi connectivity index (χ0) is 13.3. The molecule has 0 saturated heterocycles. The van der Waals surface area contributed by atoms with Crippen molar-refractivity contribution in [1.29, 1.82) is 0 Å². The minimum absolute atomic E-state index is 0.0401. The summed E-state index contributed by atoms with van der Waals surface area (Å²) in [5.41, 5.74) is 0.449. The van der Waals surface area contributed by atoms with Crippen molar-refractivity contribution in [2.45, 2.75) is 32.8 Å². The Morgan fingerprint density at radius 1 is 1.44 bits per heavy atom. The lowest BCUT2D eigenvalue weighted by Crippen LogP contribution is -2.24. The third kappa shape index (κ3) is 2.85. The van der Waals surface area contributed by atoms with Crippen LogP contribution in [-0.4, -0.2) is 21.0 Å². The largest absolute Gasteiger partial charge is 0.460 e. The van der Waals surface area contributed by atoms with E-state index < -0.39 is 11.5 Å². The molecular formula is C13H15FN2O2. The molecule has 0 aliphatic heterocycles. The number of ether oxygens (including phenoxy) is 1. The second-order valence-electron chi connectivity index (χ2n) is 5.07. The van der Waals surface area contributed by atoms with E-state index in [4.69, 9.17) is 4.74 Å². The maximum absolute atomic E-state index is 13.4. The number of fused-ring (bicyclic) bond motifs is 1. The van der Waals surface area contributed by atoms with E-state index in [0.717, 1.165) is 0 Å². The zero-order valence-corrected chi connectivity index (χ0v) is 10.6. The van der Waals surface area contributed by atoms with E-state index in [1.807, 2.05) is 0 Å². The Morgan fingerprint density at radius 2 is 2.17 bits per heavy atom. The molecule has 0 fully saturated rings. The normalized spacial score (nSPS) is 11.8. The summed E-state index contributed by atoms with van der Waals surface area (Å²) >= 11 is 0. The molecule has 0 radical (unpaired) electrons. The summed E-state index contributed by atoms with van der Waals surface area (Å²) in [6.07, 6.45) is 1.55. The lowest BCUT2D eigenvalue weighted by atomic mass is 10.2. The number of pyridine rings is 1. The van der Waals surface area contributed by atoms with Gasteiger partial charge in [0.2, 0.25) is 0 Å². The topological polar surface area (TPSA) is 43.6 Å². The van der Waals surface area contributed by atoms with Crippen molar-refractivity contribution in [3.8, 4) is 0 Å². The number of hydrogen-bond donors (Lipinski definition) is 0. The van der Waals surface area contributed by atoms with Crippen LogP contribution >= 0.6 is 0 Å². The first-order valence-corrected chi connectivity index (χ1v) is 5.69. The van der Waals surface area contributed by atoms with Gasteiger partial charge in [0.15, 0.2) is 5.95 Å². The standard InChI is InChI=1S/C13H15FN2O2/c1-13(2,3)18-12(17)7-9-8-16-10(14)5-4-6-11(16)15-9/h4-6,8H,7H2,1-3H3. The van der Waals surface area contributed by atoms with E-state index in [9.17, 15) is 9.18 Å². The average molecular weight is 250 g/mol. The SMILES string of the molecule is CC(C)(C)OC(=O)Cc1cn2c(F)cccc2n1. The zero-order valence-electron chi connectivity index (χ0n) is 10.6. The Bertz CT molecular complexity index is 584. The van der Waals surface area contributed by atoms with Crippen LogP contribution < -0.4 is 0 Å². The minimum Gasteiger partial charge on any atom is -0.460 e. The maximum Gasteiger partial charge on any atom is 0.312 e. The van der Waals surface area contributed by atoms with Gasteiger partial charge in [-0.15, -0.1) is 0 Å². The predicted octanol–water partition coefficient (Wildman–Crippen LogP) is 2.36. The van der Waals surface area contributed by atoms with Crippen LogP contribution in [0.1, 0.15) is 26.5 Å². The van der Waals surface area contributed by atoms with E-state index in [1.165, 1.54) is 16.7 Å². The van der Waals surface area contributed by atoms with E-state index in [0.29, 0.717) is 11.3 Å². The van der Waals surface area contributed by atoms with Gasteiger partial charge in [-0.1, -0.05) is 6.07 Å². The highest BCUT2D eigenvalue weighted by molar-refractivity contribution is 5.72. The van der Waals surface area contributed by atoms with Gasteiger partial charge in [0.05, 0.1) is 12.1 Å². The number of carbonyl (C=O) groups excluding carboxylic acids is 1. The lowest BCUT2D eigenvalue weighted by molar-refractivity contribution is -0.153. The summed E-state index contributed by atoms with van der Waals surface area (Å²) in [5.74, 6) is -0.776. The lowest BCUT2D eigenvalue weighted by Gasteiger charge is -2.18. The molecule has 0 unspecified atom stereocenters. The van der Waals surface area contributed by atoms with Crippen molar-refractivity contribution in [3.63, 3.8) is 0 Å². The van der Waals surface area contributed by atoms with Crippen molar-refractivity contribution in [2.24, 2.45) is 0 Å². The van der Waals surface area contributed by atoms with Gasteiger partial charge in [-0.3, -0.25) is 9.20 Å². The van der Waals surface area contributed by atoms with Crippen molar-refractivity contribution in [3.05, 3.63) is 36.0 Å². The van der Waals surface area contributed by atoms with Gasteiger partial charge >= 0.3 is 5.97 Å². The quantitative estimate of drug-likeness (QED) is 0.607. The molecule has 0 aliphatic carbocycles. The molecular weight excluding hydrogens is 235 g/mol. The van der Waals surface area contributed by atoms with E-state index in [-0.39, 0.29) is 12.4 Å². The fraction of sp³-hybridized carbons (Fsp3) is 0.385. The Balaban J connectivity index is 2.18. The number of imidazole rings is 1. The Kier molecular flexibility index (Phi) is 3.07. The number of hydrogen-bond acceptors (Lipinski definition) is 3. The summed E-state index contributed by atoms with van der Waals surface area (Å²) in [5, 5.41) is 0. The highest BCUT2D eigenvalue weighted by Gasteiger charge is 2.17. The molecule has 0 aliphatic rings. The molecule has 0 aromatic carbocycles. The van der Waals surface area contributed by atoms with Gasteiger partial charge in [0, 0.05) is 6.20 Å². The van der Waals surface area contributed by atoms with E-state index in [1.54, 1.807) is 32.9 Å². The average Bonchev–Trinajstić information content (AvgIpc) is 2.58. The summed E-state index contributed by atoms with van der Waals surface area (Å²) < 4.78 is 19.9. The van der Waals surface area contributed by atoms with Gasteiger partial charge < -0.3 is 4.74 Å². The smallest absolute Gasteiger partial charge is 0.312 e. The first-order valence-electron chi connectivity index (χ1n) is 5.69. The van der Waals surface area contributed by atoms with Crippen LogP contribution in [0.2, 0.25) is 0 Å². The maximum atomic E-state index is 13.4. The van der Waals surface area contributed by atoms with Crippen LogP contribution in [-0.2, 0) is 16.0 Å². The molecule has 0 N–H and O–H groups in total. The van der Waals surface area contributed by atoms with E-state index >= 15 is 0 Å². The number of carbonyl (C=O) groups is 1. The molecule has 96 valence electrons. The van der Waals surface area contributed by atoms with Crippen molar-refractivity contribution in [2.75, 3.05) is 0 Å². The van der Waals surface area contributed by atoms with Crippen LogP contribution in [0.25, 0.3) is 5.65 Å². The molecule has 0 bridgehead atoms. The summed E-state index contributed by atoms with van der Waals surface area (Å²) in [7, 11) is 0. The van der Waals surface area contributed by atoms with Crippen LogP contribution in [0, 0.1) is 5.95 Å². The van der Waals surface area contributed by atoms with Crippen LogP contribution in [0.5, 0.6) is 0 Å². The Morgan fingerprint density at radius 3 is 2.78 bits per heavy atom. The second kappa shape index (κ2) is 4.40. The fourth-order valence-corrected chi connectivity index (χ4v) is 1.64. The van der Waals surface area contributed by atoms with Gasteiger partial charge in [0.1, 0.15) is 11.2 Å². The minimum atomic E-state index is -0.526. The molecule has 0 saturated carbocycles. The number of esters is 1. The first-order chi connectivity index (χ1) is 8.35. The summed E-state index contributed by atoms with van der Waals surface area (Å²) in [6.45, 7) is 5.40. The van der Waals surface area contributed by atoms with Gasteiger partial charge in [-0.05, 0) is 32.9 Å². The number of aromatic nitrogens is 2. The van der Waals surface area contributed by atoms with Gasteiger partial charge in [0.25, 0.3) is 0 Å². The number of rotatable bonds is 2. The molecule has 2 aromatic rings. The second-order valence-corrected chi connectivity index (χ2v) is 5.07. The molecule has 4 nitrogen and oxygen atoms in total. The third-order valence-electron chi connectivity index (χ3n) is 2.24. The van der Waals surface area contributed by atoms with Crippen molar-refractivity contribution in [1.82, 2.24) is 9.38 Å². The highest BCUT2D eigenvalue weighted by Crippen LogP contribution is 2.12. The van der Waals surface area contributed by atoms with Crippen LogP contribution in [0.4, 0.5) is 4.39 Å². The van der Waals surface area contributed by atoms with Crippen LogP contribution in [0.15, 0.2) is 24.4 Å². The van der Waals surface area contributed by atoms with E-state index in [2.05, 4.69) is 4.98 Å². The Hall–Kier alpha value is -1.91. The predicted molar refractivity (Wildman–Crippen MR) is 64.7 cm³/mol. The number of nitrogens with zero attached hydrogens (tertiary/aromatic N) is 2. The summed E-state index contributed by atoms with van der Waals surface area (Å²) in [4.78, 5) is 15.8. The number of halogens is 1. The molecule has 2 aromatic heterocycles.